The topological polar surface area (TPSA) is 29.5 Å². The molecule has 18 heavy (non-hydrogen) atoms. The number of alkyl halides is 1. The second-order valence-electron chi connectivity index (χ2n) is 5.04. The second kappa shape index (κ2) is 4.67. The van der Waals surface area contributed by atoms with Crippen molar-refractivity contribution in [1.82, 2.24) is 0 Å². The summed E-state index contributed by atoms with van der Waals surface area (Å²) in [6, 6.07) is 6.33. The van der Waals surface area contributed by atoms with E-state index in [4.69, 9.17) is 4.74 Å². The van der Waals surface area contributed by atoms with Gasteiger partial charge in [-0.1, -0.05) is 28.1 Å². The predicted octanol–water partition coefficient (Wildman–Crippen LogP) is 2.68. The number of benzene rings is 1. The number of nitrogens with zero attached hydrogens (tertiary/aromatic N) is 1. The number of hydrogen-bond donors (Lipinski definition) is 0. The van der Waals surface area contributed by atoms with E-state index in [1.165, 1.54) is 5.56 Å². The first-order valence-electron chi connectivity index (χ1n) is 6.28. The summed E-state index contributed by atoms with van der Waals surface area (Å²) in [4.78, 5) is 13.7. The molecule has 2 atom stereocenters. The van der Waals surface area contributed by atoms with Crippen molar-refractivity contribution in [2.75, 3.05) is 25.2 Å². The minimum atomic E-state index is 0.178. The molecular weight excluding hydrogens is 294 g/mol. The third-order valence-electron chi connectivity index (χ3n) is 3.88. The monoisotopic (exact) mass is 309 g/mol. The Balaban J connectivity index is 1.87. The van der Waals surface area contributed by atoms with Crippen molar-refractivity contribution < 1.29 is 9.53 Å². The van der Waals surface area contributed by atoms with Crippen molar-refractivity contribution in [3.63, 3.8) is 0 Å². The fraction of sp³-hybridized carbons (Fsp3) is 0.500. The average Bonchev–Trinajstić information content (AvgIpc) is 2.98. The molecule has 0 spiro atoms. The Labute approximate surface area is 115 Å². The van der Waals surface area contributed by atoms with E-state index in [2.05, 4.69) is 34.1 Å². The predicted molar refractivity (Wildman–Crippen MR) is 74.2 cm³/mol. The molecule has 0 radical (unpaired) electrons. The summed E-state index contributed by atoms with van der Waals surface area (Å²) in [5, 5.41) is 0. The van der Waals surface area contributed by atoms with E-state index in [1.54, 1.807) is 4.90 Å². The van der Waals surface area contributed by atoms with Gasteiger partial charge in [-0.2, -0.15) is 0 Å². The number of hydrogen-bond acceptors (Lipinski definition) is 2. The van der Waals surface area contributed by atoms with E-state index >= 15 is 0 Å². The Morgan fingerprint density at radius 2 is 2.33 bits per heavy atom. The molecule has 96 valence electrons. The van der Waals surface area contributed by atoms with E-state index in [0.29, 0.717) is 17.2 Å². The van der Waals surface area contributed by atoms with E-state index < -0.39 is 0 Å². The lowest BCUT2D eigenvalue weighted by atomic mass is 9.96. The maximum Gasteiger partial charge on any atom is 0.231 e. The number of fused-ring (bicyclic) bond motifs is 1. The normalized spacial score (nSPS) is 24.4. The Morgan fingerprint density at radius 3 is 3.06 bits per heavy atom. The zero-order valence-corrected chi connectivity index (χ0v) is 11.9. The van der Waals surface area contributed by atoms with Crippen molar-refractivity contribution in [2.45, 2.75) is 17.7 Å². The van der Waals surface area contributed by atoms with Crippen LogP contribution in [-0.2, 0) is 16.0 Å². The third kappa shape index (κ3) is 1.97. The number of anilines is 1. The number of halogens is 1. The summed E-state index contributed by atoms with van der Waals surface area (Å²) in [5.74, 6) is 0.718. The van der Waals surface area contributed by atoms with E-state index in [1.807, 2.05) is 7.05 Å². The van der Waals surface area contributed by atoms with Crippen molar-refractivity contribution in [1.29, 1.82) is 0 Å². The van der Waals surface area contributed by atoms with Gasteiger partial charge in [0.1, 0.15) is 0 Å². The molecule has 4 heteroatoms. The van der Waals surface area contributed by atoms with Gasteiger partial charge in [0.15, 0.2) is 0 Å². The first-order valence-corrected chi connectivity index (χ1v) is 7.19. The molecule has 0 bridgehead atoms. The van der Waals surface area contributed by atoms with Gasteiger partial charge in [-0.05, 0) is 23.6 Å². The quantitative estimate of drug-likeness (QED) is 0.786. The summed E-state index contributed by atoms with van der Waals surface area (Å²) in [7, 11) is 1.84. The number of ether oxygens (including phenoxy) is 1. The zero-order valence-electron chi connectivity index (χ0n) is 10.4. The first kappa shape index (κ1) is 12.2. The third-order valence-corrected chi connectivity index (χ3v) is 5.15. The number of likely N-dealkylation sites (N-methyl/N-ethyl adjacent to an activating group) is 1. The number of rotatable bonds is 2. The summed E-state index contributed by atoms with van der Waals surface area (Å²) < 4.78 is 5.43. The molecule has 2 aliphatic heterocycles. The summed E-state index contributed by atoms with van der Waals surface area (Å²) in [6.45, 7) is 1.69. The van der Waals surface area contributed by atoms with Crippen LogP contribution in [0.4, 0.5) is 5.69 Å². The van der Waals surface area contributed by atoms with Crippen LogP contribution in [0.25, 0.3) is 0 Å². The molecule has 3 rings (SSSR count). The molecule has 3 nitrogen and oxygen atoms in total. The minimum absolute atomic E-state index is 0.178. The Bertz CT molecular complexity index is 483. The molecule has 1 fully saturated rings. The van der Waals surface area contributed by atoms with Crippen LogP contribution >= 0.6 is 15.9 Å². The molecule has 2 aliphatic rings. The molecule has 1 amide bonds. The van der Waals surface area contributed by atoms with Gasteiger partial charge >= 0.3 is 0 Å². The fourth-order valence-corrected chi connectivity index (χ4v) is 3.42. The number of carbonyl (C=O) groups excluding carboxylic acids is 1. The van der Waals surface area contributed by atoms with Gasteiger partial charge < -0.3 is 9.64 Å². The Kier molecular flexibility index (Phi) is 3.16. The molecule has 0 aromatic heterocycles. The lowest BCUT2D eigenvalue weighted by molar-refractivity contribution is -0.117. The maximum atomic E-state index is 11.7. The number of carbonyl (C=O) groups is 1. The summed E-state index contributed by atoms with van der Waals surface area (Å²) in [6.07, 6.45) is 1.63. The average molecular weight is 310 g/mol. The van der Waals surface area contributed by atoms with Crippen molar-refractivity contribution >= 4 is 27.5 Å². The molecule has 1 saturated heterocycles. The highest BCUT2D eigenvalue weighted by molar-refractivity contribution is 9.09. The van der Waals surface area contributed by atoms with Crippen molar-refractivity contribution in [3.05, 3.63) is 29.3 Å². The molecular formula is C14H16BrNO2. The van der Waals surface area contributed by atoms with Crippen LogP contribution in [0, 0.1) is 5.92 Å². The lowest BCUT2D eigenvalue weighted by Crippen LogP contribution is -2.20. The number of amides is 1. The first-order chi connectivity index (χ1) is 8.66. The van der Waals surface area contributed by atoms with E-state index in [9.17, 15) is 4.79 Å². The highest BCUT2D eigenvalue weighted by Gasteiger charge is 2.28. The largest absolute Gasteiger partial charge is 0.381 e. The van der Waals surface area contributed by atoms with Crippen LogP contribution < -0.4 is 4.90 Å². The van der Waals surface area contributed by atoms with Gasteiger partial charge in [0.05, 0.1) is 13.0 Å². The Morgan fingerprint density at radius 1 is 1.50 bits per heavy atom. The van der Waals surface area contributed by atoms with E-state index in [0.717, 1.165) is 30.9 Å². The van der Waals surface area contributed by atoms with Gasteiger partial charge in [-0.15, -0.1) is 0 Å². The SMILES string of the molecule is CN1C(=O)Cc2cc(C(Br)C3CCOC3)ccc21. The van der Waals surface area contributed by atoms with Crippen LogP contribution in [0.1, 0.15) is 22.4 Å². The van der Waals surface area contributed by atoms with Gasteiger partial charge in [-0.25, -0.2) is 0 Å². The van der Waals surface area contributed by atoms with E-state index in [-0.39, 0.29) is 5.91 Å². The van der Waals surface area contributed by atoms with Crippen LogP contribution in [0.15, 0.2) is 18.2 Å². The van der Waals surface area contributed by atoms with Gasteiger partial charge in [0.25, 0.3) is 0 Å². The van der Waals surface area contributed by atoms with Crippen LogP contribution in [0.5, 0.6) is 0 Å². The molecule has 2 heterocycles. The second-order valence-corrected chi connectivity index (χ2v) is 6.03. The molecule has 0 saturated carbocycles. The van der Waals surface area contributed by atoms with Crippen LogP contribution in [0.3, 0.4) is 0 Å². The standard InChI is InChI=1S/C14H16BrNO2/c1-16-12-3-2-9(6-11(12)7-13(16)17)14(15)10-4-5-18-8-10/h2-3,6,10,14H,4-5,7-8H2,1H3. The molecule has 1 aromatic carbocycles. The molecule has 0 aliphatic carbocycles. The van der Waals surface area contributed by atoms with Crippen molar-refractivity contribution in [3.8, 4) is 0 Å². The van der Waals surface area contributed by atoms with Crippen molar-refractivity contribution in [2.24, 2.45) is 5.92 Å². The Hall–Kier alpha value is -0.870. The maximum absolute atomic E-state index is 11.7. The summed E-state index contributed by atoms with van der Waals surface area (Å²) in [5.41, 5.74) is 3.45. The zero-order chi connectivity index (χ0) is 12.7. The fourth-order valence-electron chi connectivity index (χ4n) is 2.72. The van der Waals surface area contributed by atoms with Gasteiger partial charge in [-0.3, -0.25) is 4.79 Å². The van der Waals surface area contributed by atoms with Crippen LogP contribution in [-0.4, -0.2) is 26.2 Å². The smallest absolute Gasteiger partial charge is 0.231 e. The summed E-state index contributed by atoms with van der Waals surface area (Å²) >= 11 is 3.77. The van der Waals surface area contributed by atoms with Gasteiger partial charge in [0, 0.05) is 30.1 Å². The van der Waals surface area contributed by atoms with Gasteiger partial charge in [0.2, 0.25) is 5.91 Å². The van der Waals surface area contributed by atoms with Crippen LogP contribution in [0.2, 0.25) is 0 Å². The minimum Gasteiger partial charge on any atom is -0.381 e. The lowest BCUT2D eigenvalue weighted by Gasteiger charge is -2.17. The highest BCUT2D eigenvalue weighted by atomic mass is 79.9. The molecule has 1 aromatic rings. The highest BCUT2D eigenvalue weighted by Crippen LogP contribution is 2.38. The molecule has 0 N–H and O–H groups in total. The molecule has 2 unspecified atom stereocenters.